The van der Waals surface area contributed by atoms with Crippen molar-refractivity contribution in [2.24, 2.45) is 0 Å². The van der Waals surface area contributed by atoms with Gasteiger partial charge in [0.25, 0.3) is 5.91 Å². The first-order valence-electron chi connectivity index (χ1n) is 9.49. The lowest BCUT2D eigenvalue weighted by molar-refractivity contribution is 0.0599. The zero-order valence-electron chi connectivity index (χ0n) is 16.3. The first kappa shape index (κ1) is 18.4. The van der Waals surface area contributed by atoms with Crippen LogP contribution in [-0.2, 0) is 4.74 Å². The molecule has 0 aliphatic carbocycles. The molecule has 0 bridgehead atoms. The van der Waals surface area contributed by atoms with E-state index in [0.717, 1.165) is 29.9 Å². The van der Waals surface area contributed by atoms with Crippen molar-refractivity contribution < 1.29 is 23.8 Å². The summed E-state index contributed by atoms with van der Waals surface area (Å²) in [5, 5.41) is 0. The largest absolute Gasteiger partial charge is 0.486 e. The van der Waals surface area contributed by atoms with E-state index in [4.69, 9.17) is 14.2 Å². The zero-order valence-corrected chi connectivity index (χ0v) is 16.3. The van der Waals surface area contributed by atoms with Crippen molar-refractivity contribution >= 4 is 11.9 Å². The number of aryl methyl sites for hydroxylation is 1. The Morgan fingerprint density at radius 2 is 1.93 bits per heavy atom. The Morgan fingerprint density at radius 3 is 2.68 bits per heavy atom. The van der Waals surface area contributed by atoms with Gasteiger partial charge in [0.05, 0.1) is 18.7 Å². The van der Waals surface area contributed by atoms with Crippen molar-refractivity contribution in [1.29, 1.82) is 0 Å². The van der Waals surface area contributed by atoms with Gasteiger partial charge in [-0.25, -0.2) is 4.79 Å². The molecule has 3 heterocycles. The molecular weight excluding hydrogens is 360 g/mol. The molecule has 4 rings (SSSR count). The Balaban J connectivity index is 1.64. The molecule has 0 radical (unpaired) electrons. The van der Waals surface area contributed by atoms with Gasteiger partial charge in [-0.1, -0.05) is 6.07 Å². The number of nitrogens with zero attached hydrogens (tertiary/aromatic N) is 1. The molecule has 1 aromatic heterocycles. The summed E-state index contributed by atoms with van der Waals surface area (Å²) in [6, 6.07) is 5.84. The second-order valence-corrected chi connectivity index (χ2v) is 7.18. The minimum Gasteiger partial charge on any atom is -0.486 e. The normalized spacial score (nSPS) is 18.2. The summed E-state index contributed by atoms with van der Waals surface area (Å²) < 4.78 is 16.1. The van der Waals surface area contributed by atoms with Crippen molar-refractivity contribution in [1.82, 2.24) is 9.88 Å². The molecule has 0 spiro atoms. The number of likely N-dealkylation sites (tertiary alicyclic amines) is 1. The van der Waals surface area contributed by atoms with E-state index in [9.17, 15) is 9.59 Å². The van der Waals surface area contributed by atoms with Gasteiger partial charge in [-0.05, 0) is 49.9 Å². The fourth-order valence-corrected chi connectivity index (χ4v) is 4.14. The van der Waals surface area contributed by atoms with E-state index in [-0.39, 0.29) is 11.9 Å². The van der Waals surface area contributed by atoms with Crippen LogP contribution in [0.15, 0.2) is 18.2 Å². The van der Waals surface area contributed by atoms with Crippen LogP contribution in [0, 0.1) is 13.8 Å². The molecule has 1 aromatic carbocycles. The smallest absolute Gasteiger partial charge is 0.339 e. The number of H-pyrrole nitrogens is 1. The number of aromatic nitrogens is 1. The average Bonchev–Trinajstić information content (AvgIpc) is 3.31. The fraction of sp³-hybridized carbons (Fsp3) is 0.429. The molecule has 2 aliphatic rings. The third kappa shape index (κ3) is 3.00. The van der Waals surface area contributed by atoms with Crippen LogP contribution in [0.1, 0.15) is 56.6 Å². The van der Waals surface area contributed by atoms with Gasteiger partial charge in [0.2, 0.25) is 0 Å². The van der Waals surface area contributed by atoms with E-state index in [0.29, 0.717) is 42.3 Å². The fourth-order valence-electron chi connectivity index (χ4n) is 4.14. The summed E-state index contributed by atoms with van der Waals surface area (Å²) in [5.74, 6) is 0.926. The number of rotatable bonds is 3. The maximum absolute atomic E-state index is 13.3. The molecule has 148 valence electrons. The maximum Gasteiger partial charge on any atom is 0.339 e. The van der Waals surface area contributed by atoms with Crippen molar-refractivity contribution in [2.75, 3.05) is 26.9 Å². The molecule has 1 unspecified atom stereocenters. The number of aromatic amines is 1. The van der Waals surface area contributed by atoms with Gasteiger partial charge >= 0.3 is 5.97 Å². The van der Waals surface area contributed by atoms with Crippen LogP contribution in [0.3, 0.4) is 0 Å². The Morgan fingerprint density at radius 1 is 1.18 bits per heavy atom. The molecule has 1 N–H and O–H groups in total. The van der Waals surface area contributed by atoms with Crippen molar-refractivity contribution in [3.8, 4) is 11.5 Å². The lowest BCUT2D eigenvalue weighted by Crippen LogP contribution is -2.31. The molecule has 7 heteroatoms. The van der Waals surface area contributed by atoms with Crippen LogP contribution in [0.25, 0.3) is 0 Å². The lowest BCUT2D eigenvalue weighted by atomic mass is 10.0. The van der Waals surface area contributed by atoms with E-state index in [1.807, 2.05) is 23.1 Å². The van der Waals surface area contributed by atoms with Gasteiger partial charge in [-0.15, -0.1) is 0 Å². The number of benzene rings is 1. The van der Waals surface area contributed by atoms with Crippen LogP contribution >= 0.6 is 0 Å². The van der Waals surface area contributed by atoms with Crippen LogP contribution in [0.5, 0.6) is 11.5 Å². The molecule has 1 atom stereocenters. The quantitative estimate of drug-likeness (QED) is 0.822. The van der Waals surface area contributed by atoms with Crippen LogP contribution < -0.4 is 9.47 Å². The Labute approximate surface area is 163 Å². The van der Waals surface area contributed by atoms with Crippen molar-refractivity contribution in [3.63, 3.8) is 0 Å². The summed E-state index contributed by atoms with van der Waals surface area (Å²) >= 11 is 0. The minimum absolute atomic E-state index is 0.0343. The molecule has 2 aromatic rings. The van der Waals surface area contributed by atoms with Gasteiger partial charge in [-0.3, -0.25) is 4.79 Å². The summed E-state index contributed by atoms with van der Waals surface area (Å²) in [7, 11) is 1.34. The number of amides is 1. The zero-order chi connectivity index (χ0) is 19.8. The first-order chi connectivity index (χ1) is 13.5. The number of ether oxygens (including phenoxy) is 3. The highest BCUT2D eigenvalue weighted by Crippen LogP contribution is 2.39. The topological polar surface area (TPSA) is 80.9 Å². The van der Waals surface area contributed by atoms with Gasteiger partial charge in [0.15, 0.2) is 11.5 Å². The number of hydrogen-bond donors (Lipinski definition) is 1. The van der Waals surface area contributed by atoms with Crippen LogP contribution in [0.2, 0.25) is 0 Å². The summed E-state index contributed by atoms with van der Waals surface area (Å²) in [4.78, 5) is 30.3. The number of nitrogens with one attached hydrogen (secondary N) is 1. The van der Waals surface area contributed by atoms with E-state index in [1.165, 1.54) is 7.11 Å². The standard InChI is InChI=1S/C21H24N2O5/c1-12-18(21(25)26-3)13(2)22-19(12)20(24)23-8-4-5-15(23)14-6-7-16-17(11-14)28-10-9-27-16/h6-7,11,15,22H,4-5,8-10H2,1-3H3. The van der Waals surface area contributed by atoms with Crippen LogP contribution in [0.4, 0.5) is 0 Å². The highest BCUT2D eigenvalue weighted by Gasteiger charge is 2.34. The van der Waals surface area contributed by atoms with E-state index in [1.54, 1.807) is 13.8 Å². The molecule has 1 amide bonds. The summed E-state index contributed by atoms with van der Waals surface area (Å²) in [6.45, 7) is 5.30. The Bertz CT molecular complexity index is 933. The second kappa shape index (κ2) is 7.22. The third-order valence-corrected chi connectivity index (χ3v) is 5.51. The predicted octanol–water partition coefficient (Wildman–Crippen LogP) is 3.17. The lowest BCUT2D eigenvalue weighted by Gasteiger charge is -2.26. The molecule has 2 aliphatic heterocycles. The molecule has 28 heavy (non-hydrogen) atoms. The monoisotopic (exact) mass is 384 g/mol. The molecule has 7 nitrogen and oxygen atoms in total. The van der Waals surface area contributed by atoms with Gasteiger partial charge < -0.3 is 24.1 Å². The summed E-state index contributed by atoms with van der Waals surface area (Å²) in [5.41, 5.74) is 3.18. The molecule has 0 saturated carbocycles. The highest BCUT2D eigenvalue weighted by atomic mass is 16.6. The number of fused-ring (bicyclic) bond motifs is 1. The van der Waals surface area contributed by atoms with E-state index >= 15 is 0 Å². The number of carbonyl (C=O) groups is 2. The van der Waals surface area contributed by atoms with Gasteiger partial charge in [-0.2, -0.15) is 0 Å². The van der Waals surface area contributed by atoms with Gasteiger partial charge in [0.1, 0.15) is 18.9 Å². The SMILES string of the molecule is COC(=O)c1c(C)[nH]c(C(=O)N2CCCC2c2ccc3c(c2)OCCO3)c1C. The van der Waals surface area contributed by atoms with Gasteiger partial charge in [0, 0.05) is 12.2 Å². The van der Waals surface area contributed by atoms with Crippen molar-refractivity contribution in [3.05, 3.63) is 46.3 Å². The Kier molecular flexibility index (Phi) is 4.75. The minimum atomic E-state index is -0.435. The molecule has 1 saturated heterocycles. The second-order valence-electron chi connectivity index (χ2n) is 7.18. The maximum atomic E-state index is 13.3. The molecule has 1 fully saturated rings. The summed E-state index contributed by atoms with van der Waals surface area (Å²) in [6.07, 6.45) is 1.81. The predicted molar refractivity (Wildman–Crippen MR) is 102 cm³/mol. The van der Waals surface area contributed by atoms with Crippen molar-refractivity contribution in [2.45, 2.75) is 32.7 Å². The number of hydrogen-bond acceptors (Lipinski definition) is 5. The average molecular weight is 384 g/mol. The number of carbonyl (C=O) groups excluding carboxylic acids is 2. The van der Waals surface area contributed by atoms with Crippen LogP contribution in [-0.4, -0.2) is 48.6 Å². The number of methoxy groups -OCH3 is 1. The Hall–Kier alpha value is -2.96. The number of esters is 1. The van der Waals surface area contributed by atoms with E-state index < -0.39 is 5.97 Å². The molecular formula is C21H24N2O5. The first-order valence-corrected chi connectivity index (χ1v) is 9.49. The highest BCUT2D eigenvalue weighted by molar-refractivity contribution is 6.00. The van der Waals surface area contributed by atoms with E-state index in [2.05, 4.69) is 4.98 Å². The third-order valence-electron chi connectivity index (χ3n) is 5.51.